The summed E-state index contributed by atoms with van der Waals surface area (Å²) in [6.07, 6.45) is 0. The number of rotatable bonds is 3. The molecule has 0 unspecified atom stereocenters. The molecule has 0 fully saturated rings. The van der Waals surface area contributed by atoms with E-state index in [1.165, 1.54) is 64.7 Å². The Bertz CT molecular complexity index is 1930. The number of hydrogen-bond donors (Lipinski definition) is 0. The summed E-state index contributed by atoms with van der Waals surface area (Å²) in [6.45, 7) is 0. The van der Waals surface area contributed by atoms with E-state index in [4.69, 9.17) is 0 Å². The van der Waals surface area contributed by atoms with Gasteiger partial charge in [0.1, 0.15) is 0 Å². The molecule has 0 saturated carbocycles. The van der Waals surface area contributed by atoms with Crippen LogP contribution in [0.2, 0.25) is 0 Å². The highest BCUT2D eigenvalue weighted by molar-refractivity contribution is 7.26. The normalized spacial score (nSPS) is 13.5. The van der Waals surface area contributed by atoms with Crippen molar-refractivity contribution in [3.63, 3.8) is 0 Å². The second kappa shape index (κ2) is 8.28. The quantitative estimate of drug-likeness (QED) is 0.226. The van der Waals surface area contributed by atoms with Crippen molar-refractivity contribution < 1.29 is 0 Å². The highest BCUT2D eigenvalue weighted by atomic mass is 32.1. The lowest BCUT2D eigenvalue weighted by atomic mass is 9.67. The molecule has 0 bridgehead atoms. The number of thiophene rings is 1. The molecule has 1 aliphatic rings. The molecule has 0 N–H and O–H groups in total. The summed E-state index contributed by atoms with van der Waals surface area (Å²) in [7, 11) is 0. The van der Waals surface area contributed by atoms with Gasteiger partial charge in [-0.2, -0.15) is 0 Å². The molecule has 0 radical (unpaired) electrons. The topological polar surface area (TPSA) is 0 Å². The van der Waals surface area contributed by atoms with Gasteiger partial charge in [0.15, 0.2) is 0 Å². The van der Waals surface area contributed by atoms with Gasteiger partial charge in [-0.15, -0.1) is 11.3 Å². The van der Waals surface area contributed by atoms with Crippen molar-refractivity contribution in [2.45, 2.75) is 5.41 Å². The van der Waals surface area contributed by atoms with Crippen LogP contribution in [0.1, 0.15) is 22.3 Å². The van der Waals surface area contributed by atoms with E-state index in [0.717, 1.165) is 0 Å². The van der Waals surface area contributed by atoms with E-state index in [2.05, 4.69) is 146 Å². The van der Waals surface area contributed by atoms with Crippen LogP contribution in [0.4, 0.5) is 0 Å². The predicted molar refractivity (Wildman–Crippen MR) is 162 cm³/mol. The highest BCUT2D eigenvalue weighted by Gasteiger charge is 2.45. The highest BCUT2D eigenvalue weighted by Crippen LogP contribution is 2.56. The van der Waals surface area contributed by atoms with Crippen LogP contribution >= 0.6 is 11.3 Å². The molecule has 0 amide bonds. The maximum Gasteiger partial charge on any atom is 0.0713 e. The van der Waals surface area contributed by atoms with Gasteiger partial charge in [0, 0.05) is 20.2 Å². The molecule has 1 aliphatic carbocycles. The molecular weight excluding hydrogens is 476 g/mol. The third-order valence-corrected chi connectivity index (χ3v) is 9.39. The maximum atomic E-state index is 2.44. The third kappa shape index (κ3) is 2.91. The van der Waals surface area contributed by atoms with Gasteiger partial charge in [0.2, 0.25) is 0 Å². The van der Waals surface area contributed by atoms with Gasteiger partial charge in [0.25, 0.3) is 0 Å². The third-order valence-electron chi connectivity index (χ3n) is 8.17. The first-order valence-electron chi connectivity index (χ1n) is 13.1. The first kappa shape index (κ1) is 21.6. The average Bonchev–Trinajstić information content (AvgIpc) is 3.52. The molecule has 0 nitrogen and oxygen atoms in total. The minimum atomic E-state index is -0.376. The fourth-order valence-electron chi connectivity index (χ4n) is 6.61. The number of benzene rings is 6. The molecule has 1 aromatic heterocycles. The van der Waals surface area contributed by atoms with Crippen molar-refractivity contribution >= 4 is 31.5 Å². The molecule has 7 aromatic rings. The Morgan fingerprint density at radius 3 is 1.79 bits per heavy atom. The van der Waals surface area contributed by atoms with Crippen LogP contribution in [0.25, 0.3) is 42.4 Å². The molecule has 0 aliphatic heterocycles. The number of fused-ring (bicyclic) bond motifs is 6. The zero-order chi connectivity index (χ0) is 25.1. The Balaban J connectivity index is 1.44. The van der Waals surface area contributed by atoms with E-state index in [9.17, 15) is 0 Å². The maximum absolute atomic E-state index is 2.44. The molecule has 8 rings (SSSR count). The second-order valence-electron chi connectivity index (χ2n) is 10.1. The molecule has 38 heavy (non-hydrogen) atoms. The minimum Gasteiger partial charge on any atom is -0.135 e. The zero-order valence-electron chi connectivity index (χ0n) is 20.8. The smallest absolute Gasteiger partial charge is 0.0713 e. The fourth-order valence-corrected chi connectivity index (χ4v) is 7.84. The molecule has 6 aromatic carbocycles. The molecule has 1 heteroatoms. The van der Waals surface area contributed by atoms with E-state index < -0.39 is 0 Å². The van der Waals surface area contributed by atoms with Crippen molar-refractivity contribution in [2.24, 2.45) is 0 Å². The lowest BCUT2D eigenvalue weighted by Gasteiger charge is -2.34. The average molecular weight is 501 g/mol. The van der Waals surface area contributed by atoms with Crippen molar-refractivity contribution in [1.29, 1.82) is 0 Å². The molecule has 1 heterocycles. The van der Waals surface area contributed by atoms with Gasteiger partial charge in [0.05, 0.1) is 5.41 Å². The molecular formula is C37H24S. The Hall–Kier alpha value is -4.46. The summed E-state index contributed by atoms with van der Waals surface area (Å²) in [4.78, 5) is 0. The molecule has 0 atom stereocenters. The van der Waals surface area contributed by atoms with Crippen LogP contribution in [-0.2, 0) is 5.41 Å². The van der Waals surface area contributed by atoms with Gasteiger partial charge < -0.3 is 0 Å². The van der Waals surface area contributed by atoms with E-state index in [1.54, 1.807) is 0 Å². The van der Waals surface area contributed by atoms with Crippen LogP contribution in [0.5, 0.6) is 0 Å². The summed E-state index contributed by atoms with van der Waals surface area (Å²) in [5, 5.41) is 2.67. The SMILES string of the molecule is c1ccc(C2(c3cccc(-c4cccc5c4sc4ccccc45)c3)c3ccccc3-c3ccccc32)cc1. The van der Waals surface area contributed by atoms with E-state index in [0.29, 0.717) is 0 Å². The second-order valence-corrected chi connectivity index (χ2v) is 11.1. The molecule has 0 saturated heterocycles. The largest absolute Gasteiger partial charge is 0.135 e. The monoisotopic (exact) mass is 500 g/mol. The molecule has 178 valence electrons. The minimum absolute atomic E-state index is 0.376. The van der Waals surface area contributed by atoms with Crippen molar-refractivity contribution in [3.05, 3.63) is 168 Å². The van der Waals surface area contributed by atoms with Crippen LogP contribution in [0.3, 0.4) is 0 Å². The van der Waals surface area contributed by atoms with Gasteiger partial charge in [-0.3, -0.25) is 0 Å². The summed E-state index contributed by atoms with van der Waals surface area (Å²) < 4.78 is 2.69. The van der Waals surface area contributed by atoms with Crippen LogP contribution in [-0.4, -0.2) is 0 Å². The van der Waals surface area contributed by atoms with Crippen LogP contribution in [0, 0.1) is 0 Å². The van der Waals surface area contributed by atoms with Crippen molar-refractivity contribution in [3.8, 4) is 22.3 Å². The van der Waals surface area contributed by atoms with E-state index >= 15 is 0 Å². The fraction of sp³-hybridized carbons (Fsp3) is 0.0270. The van der Waals surface area contributed by atoms with Crippen molar-refractivity contribution in [1.82, 2.24) is 0 Å². The van der Waals surface area contributed by atoms with Gasteiger partial charge in [-0.25, -0.2) is 0 Å². The first-order chi connectivity index (χ1) is 18.9. The van der Waals surface area contributed by atoms with Gasteiger partial charge >= 0.3 is 0 Å². The first-order valence-corrected chi connectivity index (χ1v) is 13.9. The van der Waals surface area contributed by atoms with E-state index in [-0.39, 0.29) is 5.41 Å². The Morgan fingerprint density at radius 1 is 0.421 bits per heavy atom. The predicted octanol–water partition coefficient (Wildman–Crippen LogP) is 10.1. The Kier molecular flexibility index (Phi) is 4.71. The molecule has 0 spiro atoms. The summed E-state index contributed by atoms with van der Waals surface area (Å²) in [5.74, 6) is 0. The Morgan fingerprint density at radius 2 is 1.00 bits per heavy atom. The standard InChI is InChI=1S/C37H24S/c1-2-13-26(14-3-1)37(33-21-7-4-16-29(33)30-17-5-8-22-34(30)37)27-15-10-12-25(24-27)28-19-11-20-32-31-18-6-9-23-35(31)38-36(28)32/h1-24H. The van der Waals surface area contributed by atoms with Crippen molar-refractivity contribution in [2.75, 3.05) is 0 Å². The van der Waals surface area contributed by atoms with Crippen LogP contribution < -0.4 is 0 Å². The number of hydrogen-bond acceptors (Lipinski definition) is 1. The Labute approximate surface area is 226 Å². The van der Waals surface area contributed by atoms with E-state index in [1.807, 2.05) is 11.3 Å². The van der Waals surface area contributed by atoms with Gasteiger partial charge in [-0.05, 0) is 56.6 Å². The summed E-state index contributed by atoms with van der Waals surface area (Å²) in [6, 6.07) is 53.7. The zero-order valence-corrected chi connectivity index (χ0v) is 21.6. The van der Waals surface area contributed by atoms with Crippen LogP contribution in [0.15, 0.2) is 146 Å². The lowest BCUT2D eigenvalue weighted by molar-refractivity contribution is 0.769. The summed E-state index contributed by atoms with van der Waals surface area (Å²) >= 11 is 1.89. The summed E-state index contributed by atoms with van der Waals surface area (Å²) in [5.41, 5.74) is 10.1. The van der Waals surface area contributed by atoms with Gasteiger partial charge in [-0.1, -0.05) is 133 Å². The lowest BCUT2D eigenvalue weighted by Crippen LogP contribution is -2.28.